The van der Waals surface area contributed by atoms with Crippen LogP contribution in [0, 0.1) is 0 Å². The lowest BCUT2D eigenvalue weighted by molar-refractivity contribution is 0.278. The fourth-order valence-electron chi connectivity index (χ4n) is 4.36. The Morgan fingerprint density at radius 1 is 0.283 bits per heavy atom. The average Bonchev–Trinajstić information content (AvgIpc) is 3.13. The van der Waals surface area contributed by atoms with Crippen molar-refractivity contribution in [1.29, 1.82) is 0 Å². The van der Waals surface area contributed by atoms with E-state index < -0.39 is 7.32 Å². The quantitative estimate of drug-likeness (QED) is 0.165. The summed E-state index contributed by atoms with van der Waals surface area (Å²) in [5.41, 5.74) is 7.24. The van der Waals surface area contributed by atoms with Gasteiger partial charge in [-0.15, -0.1) is 0 Å². The van der Waals surface area contributed by atoms with Crippen LogP contribution >= 0.6 is 0 Å². The van der Waals surface area contributed by atoms with Gasteiger partial charge in [0.15, 0.2) is 0 Å². The smallest absolute Gasteiger partial charge is 0.402 e. The molecule has 234 valence electrons. The predicted octanol–water partition coefficient (Wildman–Crippen LogP) is 8.31. The summed E-state index contributed by atoms with van der Waals surface area (Å²) >= 11 is 0. The molecule has 0 bridgehead atoms. The van der Waals surface area contributed by atoms with E-state index in [4.69, 9.17) is 15.1 Å². The van der Waals surface area contributed by atoms with E-state index in [9.17, 15) is 0 Å². The zero-order chi connectivity index (χ0) is 33.0. The van der Waals surface area contributed by atoms with Crippen LogP contribution in [0.25, 0.3) is 0 Å². The van der Waals surface area contributed by atoms with Gasteiger partial charge >= 0.3 is 7.32 Å². The fourth-order valence-corrected chi connectivity index (χ4v) is 4.36. The topological polar surface area (TPSA) is 70.4 Å². The van der Waals surface area contributed by atoms with Crippen molar-refractivity contribution in [2.24, 2.45) is 0 Å². The van der Waals surface area contributed by atoms with Gasteiger partial charge in [-0.1, -0.05) is 109 Å². The molecular weight excluding hydrogens is 569 g/mol. The molecule has 6 nitrogen and oxygen atoms in total. The summed E-state index contributed by atoms with van der Waals surface area (Å²) in [6.45, 7) is 0. The zero-order valence-electron chi connectivity index (χ0n) is 26.6. The first-order chi connectivity index (χ1) is 22.4. The maximum absolute atomic E-state index is 7.17. The summed E-state index contributed by atoms with van der Waals surface area (Å²) < 4.78 is 0. The van der Waals surface area contributed by atoms with Gasteiger partial charge in [-0.3, -0.25) is 0 Å². The molecule has 3 N–H and O–H groups in total. The van der Waals surface area contributed by atoms with Gasteiger partial charge in [-0.2, -0.15) is 0 Å². The van der Waals surface area contributed by atoms with E-state index in [1.165, 1.54) is 34.1 Å². The third-order valence-corrected chi connectivity index (χ3v) is 6.86. The molecule has 0 atom stereocenters. The first-order valence-electron chi connectivity index (χ1n) is 14.9. The molecule has 6 aromatic rings. The van der Waals surface area contributed by atoms with Crippen molar-refractivity contribution < 1.29 is 15.1 Å². The van der Waals surface area contributed by atoms with E-state index in [0.717, 1.165) is 0 Å². The Labute approximate surface area is 273 Å². The van der Waals surface area contributed by atoms with Crippen molar-refractivity contribution in [3.63, 3.8) is 0 Å². The highest BCUT2D eigenvalue weighted by Gasteiger charge is 2.02. The number of rotatable bonds is 6. The molecule has 0 saturated heterocycles. The predicted molar refractivity (Wildman–Crippen MR) is 195 cm³/mol. The molecule has 0 aliphatic heterocycles. The third-order valence-electron chi connectivity index (χ3n) is 6.86. The number of para-hydroxylation sites is 6. The lowest BCUT2D eigenvalue weighted by Crippen LogP contribution is -2.08. The minimum absolute atomic E-state index is 1.21. The van der Waals surface area contributed by atoms with E-state index in [1.54, 1.807) is 0 Å². The van der Waals surface area contributed by atoms with E-state index in [0.29, 0.717) is 0 Å². The monoisotopic (exact) mass is 611 g/mol. The lowest BCUT2D eigenvalue weighted by atomic mass is 10.2. The Bertz CT molecular complexity index is 1280. The maximum Gasteiger partial charge on any atom is 0.631 e. The second kappa shape index (κ2) is 19.8. The van der Waals surface area contributed by atoms with Gasteiger partial charge in [0.25, 0.3) is 0 Å². The molecule has 6 rings (SSSR count). The van der Waals surface area contributed by atoms with E-state index >= 15 is 0 Å². The summed E-state index contributed by atoms with van der Waals surface area (Å²) in [5, 5.41) is 21.5. The van der Waals surface area contributed by atoms with Gasteiger partial charge in [-0.05, 0) is 72.8 Å². The molecule has 0 aliphatic carbocycles. The highest BCUT2D eigenvalue weighted by Crippen LogP contribution is 2.24. The maximum atomic E-state index is 7.17. The van der Waals surface area contributed by atoms with E-state index in [1.807, 2.05) is 36.4 Å². The van der Waals surface area contributed by atoms with Crippen molar-refractivity contribution in [2.75, 3.05) is 35.8 Å². The summed E-state index contributed by atoms with van der Waals surface area (Å²) in [7, 11) is 4.06. The van der Waals surface area contributed by atoms with Crippen LogP contribution in [0.15, 0.2) is 182 Å². The van der Waals surface area contributed by atoms with Crippen LogP contribution in [0.1, 0.15) is 0 Å². The molecule has 0 aromatic heterocycles. The zero-order valence-corrected chi connectivity index (χ0v) is 26.6. The lowest BCUT2D eigenvalue weighted by Gasteiger charge is -2.18. The van der Waals surface area contributed by atoms with Crippen LogP contribution in [-0.2, 0) is 0 Å². The standard InChI is InChI=1S/3C13H13N.BH3O3/c3*1-14(12-8-4-2-5-9-12)13-10-6-3-7-11-13;2-1(3)4/h3*2-11H,1H3;2-4H. The number of anilines is 6. The molecule has 0 saturated carbocycles. The van der Waals surface area contributed by atoms with Gasteiger partial charge in [-0.25, -0.2) is 0 Å². The molecule has 7 heteroatoms. The highest BCUT2D eigenvalue weighted by molar-refractivity contribution is 6.30. The van der Waals surface area contributed by atoms with Gasteiger partial charge in [0.05, 0.1) is 0 Å². The van der Waals surface area contributed by atoms with Crippen molar-refractivity contribution in [2.45, 2.75) is 0 Å². The van der Waals surface area contributed by atoms with Crippen LogP contribution < -0.4 is 14.7 Å². The molecular formula is C39H42BN3O3. The third kappa shape index (κ3) is 12.3. The minimum Gasteiger partial charge on any atom is -0.402 e. The Hall–Kier alpha value is -5.34. The summed E-state index contributed by atoms with van der Waals surface area (Å²) in [6, 6.07) is 62.0. The molecule has 0 amide bonds. The Balaban J connectivity index is 0.000000177. The highest BCUT2D eigenvalue weighted by atomic mass is 16.5. The van der Waals surface area contributed by atoms with Crippen LogP contribution in [0.5, 0.6) is 0 Å². The number of hydrogen-bond donors (Lipinski definition) is 3. The van der Waals surface area contributed by atoms with Gasteiger partial charge in [0, 0.05) is 55.3 Å². The Kier molecular flexibility index (Phi) is 15.2. The van der Waals surface area contributed by atoms with E-state index in [2.05, 4.69) is 181 Å². The largest absolute Gasteiger partial charge is 0.631 e. The normalized spacial score (nSPS) is 9.52. The number of nitrogens with zero attached hydrogens (tertiary/aromatic N) is 3. The van der Waals surface area contributed by atoms with Crippen LogP contribution in [-0.4, -0.2) is 43.5 Å². The summed E-state index contributed by atoms with van der Waals surface area (Å²) in [6.07, 6.45) is 0. The molecule has 6 aromatic carbocycles. The summed E-state index contributed by atoms with van der Waals surface area (Å²) in [4.78, 5) is 6.50. The Morgan fingerprint density at radius 2 is 0.391 bits per heavy atom. The molecule has 0 aliphatic rings. The van der Waals surface area contributed by atoms with Crippen molar-refractivity contribution in [1.82, 2.24) is 0 Å². The molecule has 0 unspecified atom stereocenters. The van der Waals surface area contributed by atoms with Gasteiger partial charge < -0.3 is 29.8 Å². The number of benzene rings is 6. The molecule has 0 radical (unpaired) electrons. The van der Waals surface area contributed by atoms with Gasteiger partial charge in [0.1, 0.15) is 0 Å². The first-order valence-corrected chi connectivity index (χ1v) is 14.9. The molecule has 46 heavy (non-hydrogen) atoms. The van der Waals surface area contributed by atoms with E-state index in [-0.39, 0.29) is 0 Å². The Morgan fingerprint density at radius 3 is 0.500 bits per heavy atom. The number of hydrogen-bond acceptors (Lipinski definition) is 6. The second-order valence-electron chi connectivity index (χ2n) is 10.0. The second-order valence-corrected chi connectivity index (χ2v) is 10.0. The van der Waals surface area contributed by atoms with Gasteiger partial charge in [0.2, 0.25) is 0 Å². The summed E-state index contributed by atoms with van der Waals surface area (Å²) in [5.74, 6) is 0. The molecule has 0 heterocycles. The van der Waals surface area contributed by atoms with Crippen molar-refractivity contribution in [3.05, 3.63) is 182 Å². The van der Waals surface area contributed by atoms with Crippen LogP contribution in [0.2, 0.25) is 0 Å². The first kappa shape index (κ1) is 35.1. The van der Waals surface area contributed by atoms with Crippen molar-refractivity contribution in [3.8, 4) is 0 Å². The minimum atomic E-state index is -2.17. The molecule has 0 fully saturated rings. The SMILES string of the molecule is CN(c1ccccc1)c1ccccc1.CN(c1ccccc1)c1ccccc1.CN(c1ccccc1)c1ccccc1.OB(O)O. The van der Waals surface area contributed by atoms with Crippen LogP contribution in [0.4, 0.5) is 34.1 Å². The fraction of sp³-hybridized carbons (Fsp3) is 0.0769. The average molecular weight is 612 g/mol. The van der Waals surface area contributed by atoms with Crippen LogP contribution in [0.3, 0.4) is 0 Å². The molecule has 0 spiro atoms. The van der Waals surface area contributed by atoms with Crippen molar-refractivity contribution >= 4 is 41.4 Å².